The fraction of sp³-hybridized carbons (Fsp3) is 0.462. The molecule has 2 aromatic carbocycles. The highest BCUT2D eigenvalue weighted by atomic mass is 16.5. The molecule has 1 atom stereocenters. The van der Waals surface area contributed by atoms with Crippen LogP contribution in [0.25, 0.3) is 17.0 Å². The lowest BCUT2D eigenvalue weighted by atomic mass is 9.71. The van der Waals surface area contributed by atoms with Gasteiger partial charge in [-0.1, -0.05) is 68.7 Å². The van der Waals surface area contributed by atoms with Crippen LogP contribution in [0.3, 0.4) is 0 Å². The number of methoxy groups -OCH3 is 1. The van der Waals surface area contributed by atoms with Crippen molar-refractivity contribution in [3.05, 3.63) is 83.7 Å². The van der Waals surface area contributed by atoms with E-state index in [1.165, 1.54) is 49.0 Å². The highest BCUT2D eigenvalue weighted by Gasteiger charge is 2.28. The Morgan fingerprint density at radius 1 is 0.896 bits per heavy atom. The molecule has 0 spiro atoms. The van der Waals surface area contributed by atoms with Crippen molar-refractivity contribution in [2.75, 3.05) is 20.2 Å². The van der Waals surface area contributed by atoms with E-state index in [4.69, 9.17) is 4.74 Å². The number of amides is 2. The van der Waals surface area contributed by atoms with Gasteiger partial charge in [0.2, 0.25) is 11.8 Å². The first kappa shape index (κ1) is 34.8. The Labute approximate surface area is 283 Å². The van der Waals surface area contributed by atoms with Gasteiger partial charge in [0.25, 0.3) is 0 Å². The molecule has 2 aliphatic rings. The zero-order valence-electron chi connectivity index (χ0n) is 28.2. The summed E-state index contributed by atoms with van der Waals surface area (Å²) >= 11 is 0. The molecule has 2 aliphatic carbocycles. The molecule has 0 radical (unpaired) electrons. The molecular formula is C39H48N4O5. The van der Waals surface area contributed by atoms with Gasteiger partial charge >= 0.3 is 5.97 Å². The molecular weight excluding hydrogens is 604 g/mol. The normalized spacial score (nSPS) is 19.2. The topological polar surface area (TPSA) is 122 Å². The lowest BCUT2D eigenvalue weighted by Crippen LogP contribution is -2.37. The summed E-state index contributed by atoms with van der Waals surface area (Å²) in [4.78, 5) is 47.4. The van der Waals surface area contributed by atoms with E-state index in [9.17, 15) is 19.5 Å². The molecule has 1 heterocycles. The second kappa shape index (κ2) is 17.0. The summed E-state index contributed by atoms with van der Waals surface area (Å²) in [6, 6.07) is 14.7. The van der Waals surface area contributed by atoms with Crippen molar-refractivity contribution in [2.24, 2.45) is 17.8 Å². The number of nitrogens with one attached hydrogen (secondary N) is 1. The van der Waals surface area contributed by atoms with E-state index in [-0.39, 0.29) is 37.7 Å². The number of benzene rings is 2. The molecule has 0 aliphatic heterocycles. The zero-order chi connectivity index (χ0) is 33.9. The average molecular weight is 653 g/mol. The number of hydrogen-bond acceptors (Lipinski definition) is 6. The van der Waals surface area contributed by atoms with Gasteiger partial charge in [-0.15, -0.1) is 0 Å². The Morgan fingerprint density at radius 3 is 2.19 bits per heavy atom. The Bertz CT molecular complexity index is 1540. The van der Waals surface area contributed by atoms with Crippen LogP contribution in [0.5, 0.6) is 5.75 Å². The summed E-state index contributed by atoms with van der Waals surface area (Å²) in [5, 5.41) is 12.2. The van der Waals surface area contributed by atoms with Gasteiger partial charge < -0.3 is 20.1 Å². The molecule has 1 fully saturated rings. The number of aromatic nitrogens is 2. The smallest absolute Gasteiger partial charge is 0.323 e. The number of carboxylic acids is 1. The van der Waals surface area contributed by atoms with Crippen molar-refractivity contribution in [3.8, 4) is 17.1 Å². The quantitative estimate of drug-likeness (QED) is 0.198. The minimum atomic E-state index is -1.10. The van der Waals surface area contributed by atoms with Crippen molar-refractivity contribution >= 4 is 23.4 Å². The fourth-order valence-corrected chi connectivity index (χ4v) is 7.09. The molecule has 3 aromatic rings. The minimum absolute atomic E-state index is 0.00302. The monoisotopic (exact) mass is 652 g/mol. The molecule has 1 saturated carbocycles. The number of carbonyl (C=O) groups excluding carboxylic acids is 2. The number of carbonyl (C=O) groups is 3. The highest BCUT2D eigenvalue weighted by Crippen LogP contribution is 2.41. The summed E-state index contributed by atoms with van der Waals surface area (Å²) in [6.07, 6.45) is 16.8. The van der Waals surface area contributed by atoms with E-state index in [1.54, 1.807) is 19.2 Å². The molecule has 0 bridgehead atoms. The molecule has 2 amide bonds. The van der Waals surface area contributed by atoms with Gasteiger partial charge in [0, 0.05) is 43.0 Å². The van der Waals surface area contributed by atoms with Gasteiger partial charge in [0.1, 0.15) is 12.3 Å². The van der Waals surface area contributed by atoms with Gasteiger partial charge in [-0.25, -0.2) is 9.97 Å². The SMILES string of the molecule is CCC1CCC(C2CC=C(c3cnc(-c4ccc(CN(CC(=O)O)C(=O)CCNC(=O)Cc5ccc(OC)cc5)cc4)nc3)CC2)CC1. The van der Waals surface area contributed by atoms with Gasteiger partial charge in [0.05, 0.1) is 13.5 Å². The van der Waals surface area contributed by atoms with Crippen LogP contribution >= 0.6 is 0 Å². The van der Waals surface area contributed by atoms with Crippen molar-refractivity contribution in [3.63, 3.8) is 0 Å². The second-order valence-corrected chi connectivity index (χ2v) is 13.2. The zero-order valence-corrected chi connectivity index (χ0v) is 28.2. The standard InChI is InChI=1S/C39H48N4O5/c1-3-27-4-10-30(11-5-27)31-14-16-32(17-15-31)34-23-41-39(42-24-34)33-12-6-29(7-13-33)25-43(26-38(46)47)37(45)20-21-40-36(44)22-28-8-18-35(48-2)19-9-28/h6-9,12-13,16,18-19,23-24,27,30-31H,3-5,10-11,14-15,17,20-22,25-26H2,1-2H3,(H,40,44)(H,46,47). The van der Waals surface area contributed by atoms with Crippen LogP contribution in [-0.2, 0) is 27.3 Å². The Morgan fingerprint density at radius 2 is 1.58 bits per heavy atom. The van der Waals surface area contributed by atoms with E-state index in [2.05, 4.69) is 28.3 Å². The van der Waals surface area contributed by atoms with Gasteiger partial charge in [-0.05, 0) is 78.7 Å². The van der Waals surface area contributed by atoms with Crippen LogP contribution < -0.4 is 10.1 Å². The van der Waals surface area contributed by atoms with E-state index in [1.807, 2.05) is 48.8 Å². The van der Waals surface area contributed by atoms with Crippen molar-refractivity contribution in [1.82, 2.24) is 20.2 Å². The largest absolute Gasteiger partial charge is 0.497 e. The third kappa shape index (κ3) is 9.75. The molecule has 1 aromatic heterocycles. The van der Waals surface area contributed by atoms with E-state index < -0.39 is 12.5 Å². The van der Waals surface area contributed by atoms with Crippen molar-refractivity contribution in [2.45, 2.75) is 77.7 Å². The summed E-state index contributed by atoms with van der Waals surface area (Å²) < 4.78 is 5.14. The minimum Gasteiger partial charge on any atom is -0.497 e. The first-order chi connectivity index (χ1) is 23.3. The second-order valence-electron chi connectivity index (χ2n) is 13.2. The summed E-state index contributed by atoms with van der Waals surface area (Å²) in [6.45, 7) is 2.15. The first-order valence-corrected chi connectivity index (χ1v) is 17.3. The first-order valence-electron chi connectivity index (χ1n) is 17.3. The Hall–Kier alpha value is -4.53. The van der Waals surface area contributed by atoms with Crippen molar-refractivity contribution in [1.29, 1.82) is 0 Å². The molecule has 9 nitrogen and oxygen atoms in total. The maximum absolute atomic E-state index is 12.9. The van der Waals surface area contributed by atoms with E-state index in [0.717, 1.165) is 52.8 Å². The molecule has 5 rings (SSSR count). The Kier molecular flexibility index (Phi) is 12.4. The Balaban J connectivity index is 1.10. The average Bonchev–Trinajstić information content (AvgIpc) is 3.12. The predicted molar refractivity (Wildman–Crippen MR) is 186 cm³/mol. The third-order valence-corrected chi connectivity index (χ3v) is 10.1. The summed E-state index contributed by atoms with van der Waals surface area (Å²) in [5.74, 6) is 2.29. The number of hydrogen-bond donors (Lipinski definition) is 2. The van der Waals surface area contributed by atoms with Gasteiger partial charge in [-0.3, -0.25) is 14.4 Å². The number of rotatable bonds is 14. The fourth-order valence-electron chi connectivity index (χ4n) is 7.09. The van der Waals surface area contributed by atoms with Crippen LogP contribution in [0.1, 0.15) is 81.4 Å². The number of nitrogens with zero attached hydrogens (tertiary/aromatic N) is 3. The number of allylic oxidation sites excluding steroid dienone is 2. The number of aliphatic carboxylic acids is 1. The third-order valence-electron chi connectivity index (χ3n) is 10.1. The van der Waals surface area contributed by atoms with Crippen LogP contribution in [0.2, 0.25) is 0 Å². The van der Waals surface area contributed by atoms with Crippen LogP contribution in [0, 0.1) is 17.8 Å². The molecule has 48 heavy (non-hydrogen) atoms. The molecule has 254 valence electrons. The number of ether oxygens (including phenoxy) is 1. The summed E-state index contributed by atoms with van der Waals surface area (Å²) in [5.41, 5.74) is 4.89. The predicted octanol–water partition coefficient (Wildman–Crippen LogP) is 6.71. The van der Waals surface area contributed by atoms with Gasteiger partial charge in [-0.2, -0.15) is 0 Å². The van der Waals surface area contributed by atoms with Crippen LogP contribution in [-0.4, -0.2) is 58.0 Å². The van der Waals surface area contributed by atoms with Crippen molar-refractivity contribution < 1.29 is 24.2 Å². The molecule has 9 heteroatoms. The maximum atomic E-state index is 12.9. The van der Waals surface area contributed by atoms with Crippen LogP contribution in [0.4, 0.5) is 0 Å². The maximum Gasteiger partial charge on any atom is 0.323 e. The lowest BCUT2D eigenvalue weighted by molar-refractivity contribution is -0.145. The number of carboxylic acid groups (broad SMARTS) is 1. The highest BCUT2D eigenvalue weighted by molar-refractivity contribution is 5.83. The molecule has 0 saturated heterocycles. The van der Waals surface area contributed by atoms with Gasteiger partial charge in [0.15, 0.2) is 5.82 Å². The molecule has 1 unspecified atom stereocenters. The lowest BCUT2D eigenvalue weighted by Gasteiger charge is -2.35. The summed E-state index contributed by atoms with van der Waals surface area (Å²) in [7, 11) is 1.58. The van der Waals surface area contributed by atoms with E-state index in [0.29, 0.717) is 11.6 Å². The molecule has 2 N–H and O–H groups in total. The van der Waals surface area contributed by atoms with E-state index >= 15 is 0 Å². The van der Waals surface area contributed by atoms with Crippen LogP contribution in [0.15, 0.2) is 67.0 Å².